The van der Waals surface area contributed by atoms with E-state index in [2.05, 4.69) is 49.2 Å². The van der Waals surface area contributed by atoms with Crippen LogP contribution in [0.25, 0.3) is 10.9 Å². The Balaban J connectivity index is 1.11. The number of methoxy groups -OCH3 is 1. The van der Waals surface area contributed by atoms with Crippen molar-refractivity contribution in [3.63, 3.8) is 0 Å². The lowest BCUT2D eigenvalue weighted by Gasteiger charge is -2.32. The predicted octanol–water partition coefficient (Wildman–Crippen LogP) is 4.76. The second-order valence-corrected chi connectivity index (χ2v) is 10.6. The minimum atomic E-state index is 0.507. The first-order chi connectivity index (χ1) is 19.0. The van der Waals surface area contributed by atoms with Crippen LogP contribution in [0.4, 0.5) is 17.5 Å². The number of rotatable bonds is 7. The maximum atomic E-state index is 6.23. The molecule has 0 spiro atoms. The van der Waals surface area contributed by atoms with Gasteiger partial charge in [0.1, 0.15) is 17.3 Å². The number of aryl methyl sites for hydroxylation is 1. The van der Waals surface area contributed by atoms with Crippen LogP contribution in [-0.4, -0.2) is 65.2 Å². The van der Waals surface area contributed by atoms with Gasteiger partial charge >= 0.3 is 0 Å². The van der Waals surface area contributed by atoms with Crippen LogP contribution < -0.4 is 19.7 Å². The monoisotopic (exact) mass is 525 g/mol. The zero-order valence-corrected chi connectivity index (χ0v) is 22.9. The summed E-state index contributed by atoms with van der Waals surface area (Å²) in [5.41, 5.74) is 5.31. The highest BCUT2D eigenvalue weighted by molar-refractivity contribution is 5.81. The van der Waals surface area contributed by atoms with Crippen LogP contribution in [0, 0.1) is 12.8 Å². The minimum Gasteiger partial charge on any atom is -0.495 e. The van der Waals surface area contributed by atoms with Gasteiger partial charge in [-0.3, -0.25) is 4.98 Å². The Morgan fingerprint density at radius 3 is 2.69 bits per heavy atom. The number of nitrogens with zero attached hydrogens (tertiary/aromatic N) is 6. The molecule has 4 heterocycles. The molecule has 1 saturated heterocycles. The van der Waals surface area contributed by atoms with Crippen molar-refractivity contribution in [2.24, 2.45) is 5.92 Å². The normalized spacial score (nSPS) is 16.2. The van der Waals surface area contributed by atoms with Crippen LogP contribution in [0.2, 0.25) is 0 Å². The number of fused-ring (bicyclic) bond motifs is 2. The molecule has 202 valence electrons. The molecule has 9 nitrogen and oxygen atoms in total. The van der Waals surface area contributed by atoms with Crippen molar-refractivity contribution in [2.75, 3.05) is 50.6 Å². The molecule has 1 fully saturated rings. The Morgan fingerprint density at radius 2 is 1.87 bits per heavy atom. The largest absolute Gasteiger partial charge is 0.495 e. The van der Waals surface area contributed by atoms with E-state index in [1.807, 2.05) is 37.5 Å². The number of piperidine rings is 1. The van der Waals surface area contributed by atoms with Crippen LogP contribution in [0.3, 0.4) is 0 Å². The van der Waals surface area contributed by atoms with Gasteiger partial charge in [0.15, 0.2) is 0 Å². The van der Waals surface area contributed by atoms with Crippen molar-refractivity contribution in [1.29, 1.82) is 0 Å². The third kappa shape index (κ3) is 5.73. The van der Waals surface area contributed by atoms with Crippen molar-refractivity contribution in [3.05, 3.63) is 65.7 Å². The van der Waals surface area contributed by atoms with E-state index in [1.165, 1.54) is 11.1 Å². The Kier molecular flexibility index (Phi) is 7.15. The number of ether oxygens (including phenoxy) is 2. The van der Waals surface area contributed by atoms with Crippen LogP contribution in [-0.2, 0) is 13.0 Å². The van der Waals surface area contributed by atoms with E-state index in [1.54, 1.807) is 13.3 Å². The molecule has 6 rings (SSSR count). The van der Waals surface area contributed by atoms with Gasteiger partial charge in [0.05, 0.1) is 36.8 Å². The highest BCUT2D eigenvalue weighted by atomic mass is 16.5. The Labute approximate surface area is 229 Å². The first-order valence-electron chi connectivity index (χ1n) is 13.6. The molecule has 2 aliphatic rings. The summed E-state index contributed by atoms with van der Waals surface area (Å²) in [4.78, 5) is 22.9. The molecule has 1 N–H and O–H groups in total. The summed E-state index contributed by atoms with van der Waals surface area (Å²) in [6, 6.07) is 10.3. The number of nitrogens with one attached hydrogen (secondary N) is 1. The van der Waals surface area contributed by atoms with Gasteiger partial charge in [-0.25, -0.2) is 15.0 Å². The molecule has 2 aromatic carbocycles. The molecule has 0 saturated carbocycles. The van der Waals surface area contributed by atoms with E-state index in [4.69, 9.17) is 14.5 Å². The van der Waals surface area contributed by atoms with Crippen LogP contribution in [0.15, 0.2) is 48.9 Å². The Bertz CT molecular complexity index is 1470. The fourth-order valence-corrected chi connectivity index (χ4v) is 5.41. The summed E-state index contributed by atoms with van der Waals surface area (Å²) >= 11 is 0. The predicted molar refractivity (Wildman–Crippen MR) is 153 cm³/mol. The highest BCUT2D eigenvalue weighted by Gasteiger charge is 2.21. The molecule has 2 aliphatic heterocycles. The molecular weight excluding hydrogens is 490 g/mol. The van der Waals surface area contributed by atoms with Gasteiger partial charge in [-0.15, -0.1) is 0 Å². The maximum Gasteiger partial charge on any atom is 0.227 e. The summed E-state index contributed by atoms with van der Waals surface area (Å²) in [5, 5.41) is 4.36. The van der Waals surface area contributed by atoms with Gasteiger partial charge in [0.2, 0.25) is 5.95 Å². The van der Waals surface area contributed by atoms with Gasteiger partial charge < -0.3 is 24.6 Å². The summed E-state index contributed by atoms with van der Waals surface area (Å²) in [6.45, 7) is 6.59. The van der Waals surface area contributed by atoms with Gasteiger partial charge in [-0.1, -0.05) is 0 Å². The lowest BCUT2D eigenvalue weighted by molar-refractivity contribution is 0.223. The number of aromatic nitrogens is 4. The third-order valence-corrected chi connectivity index (χ3v) is 7.69. The zero-order valence-electron chi connectivity index (χ0n) is 22.9. The van der Waals surface area contributed by atoms with Gasteiger partial charge in [0, 0.05) is 50.0 Å². The summed E-state index contributed by atoms with van der Waals surface area (Å²) in [5.74, 6) is 3.64. The Morgan fingerprint density at radius 1 is 1.00 bits per heavy atom. The van der Waals surface area contributed by atoms with E-state index in [0.29, 0.717) is 18.5 Å². The van der Waals surface area contributed by atoms with Crippen molar-refractivity contribution in [3.8, 4) is 11.5 Å². The molecular formula is C30H35N7O2. The number of likely N-dealkylation sites (N-methyl/N-ethyl adjacent to an activating group) is 1. The van der Waals surface area contributed by atoms with Gasteiger partial charge in [-0.05, 0) is 74.5 Å². The van der Waals surface area contributed by atoms with Crippen LogP contribution >= 0.6 is 0 Å². The van der Waals surface area contributed by atoms with Crippen molar-refractivity contribution < 1.29 is 9.47 Å². The topological polar surface area (TPSA) is 88.5 Å². The number of anilines is 3. The molecule has 9 heteroatoms. The SMILES string of the molecule is COc1cc2c(cc1Nc1ncc3ccc(OCC4CCN(c5cncc(C)n5)CC4)cc3n1)CN(C)CC2. The van der Waals surface area contributed by atoms with Crippen molar-refractivity contribution in [1.82, 2.24) is 24.8 Å². The van der Waals surface area contributed by atoms with E-state index >= 15 is 0 Å². The molecule has 4 aromatic rings. The molecule has 0 aliphatic carbocycles. The summed E-state index contributed by atoms with van der Waals surface area (Å²) in [6.07, 6.45) is 8.65. The highest BCUT2D eigenvalue weighted by Crippen LogP contribution is 2.33. The standard InChI is InChI=1S/C30H35N7O2/c1-20-15-31-17-29(33-20)37-10-6-21(7-11-37)19-39-25-5-4-23-16-32-30(34-26(23)14-25)35-27-12-24-18-36(2)9-8-22(24)13-28(27)38-3/h4-5,12-17,21H,6-11,18-19H2,1-3H3,(H,32,34,35). The second kappa shape index (κ2) is 11.0. The molecule has 0 bridgehead atoms. The molecule has 2 aromatic heterocycles. The minimum absolute atomic E-state index is 0.507. The molecule has 0 radical (unpaired) electrons. The quantitative estimate of drug-likeness (QED) is 0.367. The van der Waals surface area contributed by atoms with E-state index in [9.17, 15) is 0 Å². The number of benzene rings is 2. The second-order valence-electron chi connectivity index (χ2n) is 10.6. The molecule has 0 unspecified atom stereocenters. The van der Waals surface area contributed by atoms with Crippen molar-refractivity contribution >= 4 is 28.4 Å². The average Bonchev–Trinajstić information content (AvgIpc) is 2.96. The number of hydrogen-bond acceptors (Lipinski definition) is 9. The van der Waals surface area contributed by atoms with Gasteiger partial charge in [-0.2, -0.15) is 0 Å². The fraction of sp³-hybridized carbons (Fsp3) is 0.400. The Hall–Kier alpha value is -3.98. The van der Waals surface area contributed by atoms with E-state index in [-0.39, 0.29) is 0 Å². The van der Waals surface area contributed by atoms with Crippen molar-refractivity contribution in [2.45, 2.75) is 32.7 Å². The van der Waals surface area contributed by atoms with Crippen LogP contribution in [0.1, 0.15) is 29.7 Å². The summed E-state index contributed by atoms with van der Waals surface area (Å²) in [7, 11) is 3.85. The van der Waals surface area contributed by atoms with Crippen LogP contribution in [0.5, 0.6) is 11.5 Å². The third-order valence-electron chi connectivity index (χ3n) is 7.69. The first kappa shape index (κ1) is 25.3. The lowest BCUT2D eigenvalue weighted by Crippen LogP contribution is -2.36. The van der Waals surface area contributed by atoms with Gasteiger partial charge in [0.25, 0.3) is 0 Å². The zero-order chi connectivity index (χ0) is 26.8. The molecule has 0 atom stereocenters. The fourth-order valence-electron chi connectivity index (χ4n) is 5.41. The first-order valence-corrected chi connectivity index (χ1v) is 13.6. The molecule has 39 heavy (non-hydrogen) atoms. The molecule has 0 amide bonds. The smallest absolute Gasteiger partial charge is 0.227 e. The summed E-state index contributed by atoms with van der Waals surface area (Å²) < 4.78 is 11.9. The maximum absolute atomic E-state index is 6.23. The average molecular weight is 526 g/mol. The van der Waals surface area contributed by atoms with E-state index < -0.39 is 0 Å². The lowest BCUT2D eigenvalue weighted by atomic mass is 9.98. The van der Waals surface area contributed by atoms with E-state index in [0.717, 1.165) is 85.0 Å². The number of hydrogen-bond donors (Lipinski definition) is 1.